The van der Waals surface area contributed by atoms with Gasteiger partial charge in [0.15, 0.2) is 7.14 Å². The molecule has 0 N–H and O–H groups in total. The molecule has 0 radical (unpaired) electrons. The Bertz CT molecular complexity index is 3420. The van der Waals surface area contributed by atoms with Crippen LogP contribution in [0.25, 0.3) is 94.2 Å². The molecule has 11 aromatic rings. The van der Waals surface area contributed by atoms with Crippen molar-refractivity contribution in [2.24, 2.45) is 0 Å². The maximum Gasteiger partial charge on any atom is 0.172 e. The first kappa shape index (κ1) is 35.4. The Labute approximate surface area is 354 Å². The van der Waals surface area contributed by atoms with Gasteiger partial charge in [-0.1, -0.05) is 200 Å². The number of benzene rings is 9. The van der Waals surface area contributed by atoms with Gasteiger partial charge in [0, 0.05) is 43.2 Å². The van der Waals surface area contributed by atoms with Gasteiger partial charge in [-0.3, -0.25) is 0 Å². The molecule has 1 atom stereocenters. The van der Waals surface area contributed by atoms with E-state index in [1.54, 1.807) is 0 Å². The van der Waals surface area contributed by atoms with Crippen molar-refractivity contribution in [2.45, 2.75) is 0 Å². The van der Waals surface area contributed by atoms with Gasteiger partial charge in [-0.2, -0.15) is 0 Å². The number of rotatable bonds is 6. The molecule has 1 aliphatic rings. The normalized spacial score (nSPS) is 14.4. The largest absolute Gasteiger partial charge is 0.309 e. The van der Waals surface area contributed by atoms with Crippen LogP contribution in [0.2, 0.25) is 0 Å². The lowest BCUT2D eigenvalue weighted by molar-refractivity contribution is 0.593. The van der Waals surface area contributed by atoms with Crippen LogP contribution in [0.5, 0.6) is 0 Å². The second-order valence-electron chi connectivity index (χ2n) is 15.8. The quantitative estimate of drug-likeness (QED) is 0.157. The lowest BCUT2D eigenvalue weighted by Gasteiger charge is -2.17. The third-order valence-electron chi connectivity index (χ3n) is 12.4. The van der Waals surface area contributed by atoms with Crippen LogP contribution in [-0.4, -0.2) is 9.55 Å². The fourth-order valence-corrected chi connectivity index (χ4v) is 12.5. The molecule has 61 heavy (non-hydrogen) atoms. The van der Waals surface area contributed by atoms with E-state index in [-0.39, 0.29) is 0 Å². The van der Waals surface area contributed by atoms with E-state index in [4.69, 9.17) is 4.98 Å². The second-order valence-corrected chi connectivity index (χ2v) is 18.5. The molecule has 1 unspecified atom stereocenters. The third kappa shape index (κ3) is 5.66. The van der Waals surface area contributed by atoms with Crippen LogP contribution in [0.4, 0.5) is 0 Å². The van der Waals surface area contributed by atoms with E-state index in [9.17, 15) is 0 Å². The Hall–Kier alpha value is -7.58. The standard InChI is InChI=1S/C57H37N2OP/c60-61(46-19-8-3-9-20-46)55-23-13-12-22-48(55)51-36-50-49-33-32-42-18-10-11-21-47(42)57(49)59(54(50)37-56(51)61)45-34-52(43-28-24-40(25-29-43)38-14-4-1-5-15-38)58-53(35-45)44-30-26-41(27-31-44)39-16-6-2-7-17-39/h1-37H. The van der Waals surface area contributed by atoms with Gasteiger partial charge in [0.1, 0.15) is 0 Å². The molecule has 9 aromatic carbocycles. The van der Waals surface area contributed by atoms with E-state index in [1.807, 2.05) is 48.5 Å². The summed E-state index contributed by atoms with van der Waals surface area (Å²) in [4.78, 5) is 5.40. The molecule has 0 amide bonds. The number of fused-ring (bicyclic) bond motifs is 8. The summed E-state index contributed by atoms with van der Waals surface area (Å²) in [7, 11) is -3.21. The number of pyridine rings is 1. The summed E-state index contributed by atoms with van der Waals surface area (Å²) in [6, 6.07) is 78.8. The van der Waals surface area contributed by atoms with Crippen molar-refractivity contribution in [3.05, 3.63) is 224 Å². The molecular weight excluding hydrogens is 760 g/mol. The highest BCUT2D eigenvalue weighted by atomic mass is 31.2. The zero-order valence-corrected chi connectivity index (χ0v) is 34.0. The summed E-state index contributed by atoms with van der Waals surface area (Å²) in [5.41, 5.74) is 13.7. The first-order valence-electron chi connectivity index (χ1n) is 20.7. The van der Waals surface area contributed by atoms with Gasteiger partial charge < -0.3 is 9.13 Å². The number of nitrogens with zero attached hydrogens (tertiary/aromatic N) is 2. The third-order valence-corrected chi connectivity index (χ3v) is 15.5. The van der Waals surface area contributed by atoms with Crippen LogP contribution in [0, 0.1) is 0 Å². The van der Waals surface area contributed by atoms with Crippen molar-refractivity contribution in [3.63, 3.8) is 0 Å². The number of hydrogen-bond donors (Lipinski definition) is 0. The lowest BCUT2D eigenvalue weighted by Crippen LogP contribution is -2.20. The molecule has 0 fully saturated rings. The Morgan fingerprint density at radius 1 is 0.377 bits per heavy atom. The molecule has 3 nitrogen and oxygen atoms in total. The van der Waals surface area contributed by atoms with Crippen molar-refractivity contribution < 1.29 is 4.57 Å². The van der Waals surface area contributed by atoms with Gasteiger partial charge in [0.2, 0.25) is 0 Å². The zero-order chi connectivity index (χ0) is 40.5. The molecule has 2 aromatic heterocycles. The molecule has 3 heterocycles. The predicted molar refractivity (Wildman–Crippen MR) is 256 cm³/mol. The van der Waals surface area contributed by atoms with E-state index in [0.29, 0.717) is 0 Å². The lowest BCUT2D eigenvalue weighted by atomic mass is 10.0. The van der Waals surface area contributed by atoms with E-state index < -0.39 is 7.14 Å². The van der Waals surface area contributed by atoms with Crippen LogP contribution in [0.15, 0.2) is 224 Å². The van der Waals surface area contributed by atoms with E-state index in [1.165, 1.54) is 11.1 Å². The van der Waals surface area contributed by atoms with Gasteiger partial charge >= 0.3 is 0 Å². The summed E-state index contributed by atoms with van der Waals surface area (Å²) in [6.07, 6.45) is 0. The SMILES string of the molecule is O=P1(c2ccccc2)c2ccccc2-c2cc3c4ccc5ccccc5c4n(-c4cc(-c5ccc(-c6ccccc6)cc5)nc(-c5ccc(-c6ccccc6)cc5)c4)c3cc21. The average Bonchev–Trinajstić information content (AvgIpc) is 3.81. The van der Waals surface area contributed by atoms with Gasteiger partial charge in [0.25, 0.3) is 0 Å². The van der Waals surface area contributed by atoms with Crippen molar-refractivity contribution in [2.75, 3.05) is 0 Å². The smallest absolute Gasteiger partial charge is 0.172 e. The first-order valence-corrected chi connectivity index (χ1v) is 22.4. The fourth-order valence-electron chi connectivity index (χ4n) is 9.45. The van der Waals surface area contributed by atoms with Crippen LogP contribution in [-0.2, 0) is 4.57 Å². The van der Waals surface area contributed by atoms with E-state index in [0.717, 1.165) is 98.9 Å². The highest BCUT2D eigenvalue weighted by Gasteiger charge is 2.41. The maximum absolute atomic E-state index is 15.9. The minimum atomic E-state index is -3.21. The molecule has 0 saturated heterocycles. The van der Waals surface area contributed by atoms with Crippen molar-refractivity contribution in [1.82, 2.24) is 9.55 Å². The molecule has 0 bridgehead atoms. The molecule has 0 aliphatic carbocycles. The highest BCUT2D eigenvalue weighted by molar-refractivity contribution is 7.86. The van der Waals surface area contributed by atoms with Crippen LogP contribution < -0.4 is 15.9 Å². The Morgan fingerprint density at radius 2 is 0.902 bits per heavy atom. The molecule has 0 saturated carbocycles. The summed E-state index contributed by atoms with van der Waals surface area (Å²) >= 11 is 0. The van der Waals surface area contributed by atoms with Gasteiger partial charge in [-0.25, -0.2) is 4.98 Å². The summed E-state index contributed by atoms with van der Waals surface area (Å²) in [6.45, 7) is 0. The number of aromatic nitrogens is 2. The van der Waals surface area contributed by atoms with Crippen molar-refractivity contribution in [3.8, 4) is 61.6 Å². The van der Waals surface area contributed by atoms with E-state index >= 15 is 4.57 Å². The van der Waals surface area contributed by atoms with Crippen LogP contribution in [0.1, 0.15) is 0 Å². The van der Waals surface area contributed by atoms with E-state index in [2.05, 4.69) is 180 Å². The Kier molecular flexibility index (Phi) is 8.13. The minimum Gasteiger partial charge on any atom is -0.309 e. The summed E-state index contributed by atoms with van der Waals surface area (Å²) in [5.74, 6) is 0. The monoisotopic (exact) mass is 796 g/mol. The van der Waals surface area contributed by atoms with Gasteiger partial charge in [-0.05, 0) is 63.0 Å². The van der Waals surface area contributed by atoms with Crippen LogP contribution >= 0.6 is 7.14 Å². The average molecular weight is 797 g/mol. The zero-order valence-electron chi connectivity index (χ0n) is 33.1. The fraction of sp³-hybridized carbons (Fsp3) is 0. The highest BCUT2D eigenvalue weighted by Crippen LogP contribution is 2.54. The van der Waals surface area contributed by atoms with Crippen LogP contribution in [0.3, 0.4) is 0 Å². The summed E-state index contributed by atoms with van der Waals surface area (Å²) < 4.78 is 18.3. The summed E-state index contributed by atoms with van der Waals surface area (Å²) in [5, 5.41) is 7.21. The predicted octanol–water partition coefficient (Wildman–Crippen LogP) is 13.6. The second kappa shape index (κ2) is 14.0. The van der Waals surface area contributed by atoms with Crippen molar-refractivity contribution >= 4 is 55.6 Å². The minimum absolute atomic E-state index is 0.847. The molecule has 4 heteroatoms. The molecule has 286 valence electrons. The molecular formula is C57H37N2OP. The van der Waals surface area contributed by atoms with Gasteiger partial charge in [-0.15, -0.1) is 0 Å². The molecule has 0 spiro atoms. The van der Waals surface area contributed by atoms with Gasteiger partial charge in [0.05, 0.1) is 28.1 Å². The Morgan fingerprint density at radius 3 is 1.54 bits per heavy atom. The topological polar surface area (TPSA) is 34.9 Å². The first-order chi connectivity index (χ1) is 30.1. The Balaban J connectivity index is 1.14. The van der Waals surface area contributed by atoms with Crippen molar-refractivity contribution in [1.29, 1.82) is 0 Å². The number of hydrogen-bond acceptors (Lipinski definition) is 2. The molecule has 1 aliphatic heterocycles. The molecule has 12 rings (SSSR count). The maximum atomic E-state index is 15.9.